The summed E-state index contributed by atoms with van der Waals surface area (Å²) in [5.41, 5.74) is 2.65. The summed E-state index contributed by atoms with van der Waals surface area (Å²) in [7, 11) is -4.17. The number of nitrogens with zero attached hydrogens (tertiary/aromatic N) is 1. The Hall–Kier alpha value is -4.30. The van der Waals surface area contributed by atoms with Crippen LogP contribution in [0.3, 0.4) is 0 Å². The van der Waals surface area contributed by atoms with Crippen LogP contribution in [-0.2, 0) is 48.5 Å². The van der Waals surface area contributed by atoms with E-state index in [1.165, 1.54) is 17.0 Å². The molecule has 1 aliphatic heterocycles. The SMILES string of the molecule is CCOC(=O)[C@H](CCc1ccccc1)N[C@@H](C)C(=O)N1Cc2cc(NC(=O)c3ccc(Cl)c(S(N)(=O)=O)c3)ccc2CC1C(=O)O. The van der Waals surface area contributed by atoms with Gasteiger partial charge in [-0.05, 0) is 73.7 Å². The Morgan fingerprint density at radius 3 is 2.43 bits per heavy atom. The number of rotatable bonds is 12. The standard InChI is InChI=1S/C32H35ClN4O8S/c1-3-45-32(42)26(14-9-20-7-5-4-6-8-20)35-19(2)30(39)37-18-23-15-24(12-10-21(23)16-27(37)31(40)41)36-29(38)22-11-13-25(33)28(17-22)46(34,43)44/h4-8,10-13,15,17,19,26-27,35H,3,9,14,16,18H2,1-2H3,(H,36,38)(H,40,41)(H2,34,43,44)/t19-,26-,27?/m0/s1. The van der Waals surface area contributed by atoms with Crippen LogP contribution in [0.25, 0.3) is 0 Å². The molecule has 1 aliphatic rings. The van der Waals surface area contributed by atoms with Crippen molar-refractivity contribution in [3.8, 4) is 0 Å². The number of carboxylic acids is 1. The number of aliphatic carboxylic acids is 1. The first-order valence-electron chi connectivity index (χ1n) is 14.5. The lowest BCUT2D eigenvalue weighted by atomic mass is 9.92. The third-order valence-electron chi connectivity index (χ3n) is 7.62. The van der Waals surface area contributed by atoms with E-state index in [-0.39, 0.29) is 30.2 Å². The maximum atomic E-state index is 13.7. The van der Waals surface area contributed by atoms with E-state index < -0.39 is 56.8 Å². The van der Waals surface area contributed by atoms with E-state index >= 15 is 0 Å². The lowest BCUT2D eigenvalue weighted by molar-refractivity contribution is -0.153. The van der Waals surface area contributed by atoms with Crippen molar-refractivity contribution >= 4 is 51.1 Å². The van der Waals surface area contributed by atoms with E-state index in [1.54, 1.807) is 32.0 Å². The highest BCUT2D eigenvalue weighted by Gasteiger charge is 2.37. The van der Waals surface area contributed by atoms with Crippen molar-refractivity contribution in [3.63, 3.8) is 0 Å². The highest BCUT2D eigenvalue weighted by atomic mass is 35.5. The van der Waals surface area contributed by atoms with E-state index in [0.717, 1.165) is 11.6 Å². The average Bonchev–Trinajstić information content (AvgIpc) is 3.02. The van der Waals surface area contributed by atoms with Crippen molar-refractivity contribution in [2.24, 2.45) is 5.14 Å². The molecule has 4 rings (SSSR count). The third kappa shape index (κ3) is 8.49. The summed E-state index contributed by atoms with van der Waals surface area (Å²) in [6.07, 6.45) is 0.948. The molecule has 2 amide bonds. The van der Waals surface area contributed by atoms with Crippen LogP contribution in [0.15, 0.2) is 71.6 Å². The van der Waals surface area contributed by atoms with Gasteiger partial charge in [0.2, 0.25) is 15.9 Å². The highest BCUT2D eigenvalue weighted by Crippen LogP contribution is 2.28. The summed E-state index contributed by atoms with van der Waals surface area (Å²) in [5, 5.41) is 20.8. The fourth-order valence-electron chi connectivity index (χ4n) is 5.27. The van der Waals surface area contributed by atoms with Gasteiger partial charge in [-0.3, -0.25) is 19.7 Å². The molecule has 0 aromatic heterocycles. The number of amides is 2. The van der Waals surface area contributed by atoms with Crippen LogP contribution in [0.2, 0.25) is 5.02 Å². The second-order valence-electron chi connectivity index (χ2n) is 10.9. The van der Waals surface area contributed by atoms with Crippen LogP contribution in [0.5, 0.6) is 0 Å². The Balaban J connectivity index is 1.51. The molecule has 14 heteroatoms. The second-order valence-corrected chi connectivity index (χ2v) is 12.8. The number of hydrogen-bond acceptors (Lipinski definition) is 8. The number of carbonyl (C=O) groups is 4. The molecule has 0 radical (unpaired) electrons. The van der Waals surface area contributed by atoms with Gasteiger partial charge >= 0.3 is 11.9 Å². The number of fused-ring (bicyclic) bond motifs is 1. The first-order valence-corrected chi connectivity index (χ1v) is 16.5. The lowest BCUT2D eigenvalue weighted by Gasteiger charge is -2.37. The summed E-state index contributed by atoms with van der Waals surface area (Å²) in [5.74, 6) is -2.83. The molecule has 0 aliphatic carbocycles. The summed E-state index contributed by atoms with van der Waals surface area (Å²) in [6.45, 7) is 3.37. The van der Waals surface area contributed by atoms with E-state index in [4.69, 9.17) is 21.5 Å². The van der Waals surface area contributed by atoms with Crippen molar-refractivity contribution in [3.05, 3.63) is 94.0 Å². The number of carbonyl (C=O) groups excluding carboxylic acids is 3. The highest BCUT2D eigenvalue weighted by molar-refractivity contribution is 7.89. The zero-order valence-electron chi connectivity index (χ0n) is 25.2. The number of nitrogens with two attached hydrogens (primary N) is 1. The zero-order chi connectivity index (χ0) is 33.6. The molecule has 0 saturated carbocycles. The number of sulfonamides is 1. The summed E-state index contributed by atoms with van der Waals surface area (Å²) in [6, 6.07) is 15.2. The van der Waals surface area contributed by atoms with Gasteiger partial charge in [-0.1, -0.05) is 48.0 Å². The van der Waals surface area contributed by atoms with Crippen LogP contribution >= 0.6 is 11.6 Å². The molecule has 0 spiro atoms. The number of esters is 1. The number of benzene rings is 3. The molecule has 0 fully saturated rings. The molecule has 1 unspecified atom stereocenters. The molecule has 12 nitrogen and oxygen atoms in total. The maximum Gasteiger partial charge on any atom is 0.326 e. The molecule has 0 bridgehead atoms. The van der Waals surface area contributed by atoms with Crippen molar-refractivity contribution < 1.29 is 37.4 Å². The predicted molar refractivity (Wildman–Crippen MR) is 171 cm³/mol. The molecule has 5 N–H and O–H groups in total. The fourth-order valence-corrected chi connectivity index (χ4v) is 6.34. The first kappa shape index (κ1) is 34.6. The normalized spacial score (nSPS) is 15.7. The van der Waals surface area contributed by atoms with Crippen LogP contribution in [-0.4, -0.2) is 66.9 Å². The number of nitrogens with one attached hydrogen (secondary N) is 2. The van der Waals surface area contributed by atoms with Crippen LogP contribution < -0.4 is 15.8 Å². The number of primary sulfonamides is 1. The minimum Gasteiger partial charge on any atom is -0.480 e. The van der Waals surface area contributed by atoms with Gasteiger partial charge in [0.05, 0.1) is 17.7 Å². The summed E-state index contributed by atoms with van der Waals surface area (Å²) >= 11 is 5.93. The van der Waals surface area contributed by atoms with Gasteiger partial charge in [0.25, 0.3) is 5.91 Å². The van der Waals surface area contributed by atoms with Crippen molar-refractivity contribution in [1.29, 1.82) is 0 Å². The Morgan fingerprint density at radius 2 is 1.78 bits per heavy atom. The van der Waals surface area contributed by atoms with E-state index in [2.05, 4.69) is 10.6 Å². The van der Waals surface area contributed by atoms with Crippen LogP contribution in [0.1, 0.15) is 47.3 Å². The monoisotopic (exact) mass is 670 g/mol. The predicted octanol–water partition coefficient (Wildman–Crippen LogP) is 3.12. The van der Waals surface area contributed by atoms with Crippen LogP contribution in [0.4, 0.5) is 5.69 Å². The van der Waals surface area contributed by atoms with Gasteiger partial charge < -0.3 is 20.1 Å². The number of ether oxygens (including phenoxy) is 1. The number of hydrogen-bond donors (Lipinski definition) is 4. The molecule has 244 valence electrons. The fraction of sp³-hybridized carbons (Fsp3) is 0.312. The molecular weight excluding hydrogens is 636 g/mol. The minimum absolute atomic E-state index is 0.00258. The third-order valence-corrected chi connectivity index (χ3v) is 9.01. The van der Waals surface area contributed by atoms with Crippen molar-refractivity contribution in [1.82, 2.24) is 10.2 Å². The number of anilines is 1. The quantitative estimate of drug-likeness (QED) is 0.210. The van der Waals surface area contributed by atoms with E-state index in [1.807, 2.05) is 30.3 Å². The Kier molecular flexibility index (Phi) is 11.2. The lowest BCUT2D eigenvalue weighted by Crippen LogP contribution is -2.56. The van der Waals surface area contributed by atoms with Gasteiger partial charge in [0.15, 0.2) is 0 Å². The molecule has 1 heterocycles. The van der Waals surface area contributed by atoms with Gasteiger partial charge in [0.1, 0.15) is 17.0 Å². The molecule has 3 aromatic rings. The first-order chi connectivity index (χ1) is 21.8. The number of carboxylic acid groups (broad SMARTS) is 1. The molecular formula is C32H35ClN4O8S. The molecule has 3 atom stereocenters. The summed E-state index contributed by atoms with van der Waals surface area (Å²) < 4.78 is 28.9. The zero-order valence-corrected chi connectivity index (χ0v) is 26.8. The summed E-state index contributed by atoms with van der Waals surface area (Å²) in [4.78, 5) is 52.5. The maximum absolute atomic E-state index is 13.7. The van der Waals surface area contributed by atoms with Gasteiger partial charge in [0, 0.05) is 24.2 Å². The number of halogens is 1. The molecule has 3 aromatic carbocycles. The van der Waals surface area contributed by atoms with Gasteiger partial charge in [-0.2, -0.15) is 0 Å². The van der Waals surface area contributed by atoms with E-state index in [9.17, 15) is 32.7 Å². The van der Waals surface area contributed by atoms with Crippen molar-refractivity contribution in [2.45, 2.75) is 62.7 Å². The van der Waals surface area contributed by atoms with Gasteiger partial charge in [-0.25, -0.2) is 18.4 Å². The van der Waals surface area contributed by atoms with Crippen molar-refractivity contribution in [2.75, 3.05) is 11.9 Å². The Morgan fingerprint density at radius 1 is 1.07 bits per heavy atom. The Labute approximate surface area is 271 Å². The largest absolute Gasteiger partial charge is 0.480 e. The molecule has 0 saturated heterocycles. The van der Waals surface area contributed by atoms with E-state index in [0.29, 0.717) is 29.7 Å². The van der Waals surface area contributed by atoms with Gasteiger partial charge in [-0.15, -0.1) is 0 Å². The molecule has 46 heavy (non-hydrogen) atoms. The second kappa shape index (κ2) is 14.9. The minimum atomic E-state index is -4.17. The smallest absolute Gasteiger partial charge is 0.326 e. The number of aryl methyl sites for hydroxylation is 1. The Bertz CT molecular complexity index is 1740. The average molecular weight is 671 g/mol. The van der Waals surface area contributed by atoms with Crippen LogP contribution in [0, 0.1) is 0 Å². The topological polar surface area (TPSA) is 185 Å².